The van der Waals surface area contributed by atoms with Gasteiger partial charge in [0.25, 0.3) is 5.91 Å². The maximum absolute atomic E-state index is 12.7. The van der Waals surface area contributed by atoms with Gasteiger partial charge in [-0.05, 0) is 61.7 Å². The average molecular weight is 406 g/mol. The lowest BCUT2D eigenvalue weighted by Crippen LogP contribution is -2.41. The Labute approximate surface area is 176 Å². The molecule has 5 rings (SSSR count). The van der Waals surface area contributed by atoms with Crippen molar-refractivity contribution in [2.24, 2.45) is 5.92 Å². The minimum absolute atomic E-state index is 0.107. The number of ether oxygens (including phenoxy) is 2. The number of fused-ring (bicyclic) bond motifs is 2. The van der Waals surface area contributed by atoms with Gasteiger partial charge in [0.2, 0.25) is 0 Å². The number of benzene rings is 2. The van der Waals surface area contributed by atoms with E-state index in [9.17, 15) is 9.59 Å². The number of piperidine rings is 1. The van der Waals surface area contributed by atoms with Crippen LogP contribution in [0.5, 0.6) is 11.5 Å². The number of nitrogens with zero attached hydrogens (tertiary/aromatic N) is 2. The van der Waals surface area contributed by atoms with E-state index in [1.54, 1.807) is 6.07 Å². The Morgan fingerprint density at radius 2 is 1.77 bits per heavy atom. The second-order valence-electron chi connectivity index (χ2n) is 8.34. The number of hydrogen-bond donors (Lipinski definition) is 0. The van der Waals surface area contributed by atoms with Gasteiger partial charge in [-0.2, -0.15) is 0 Å². The number of hydrogen-bond acceptors (Lipinski definition) is 5. The van der Waals surface area contributed by atoms with Crippen molar-refractivity contribution in [1.29, 1.82) is 0 Å². The van der Waals surface area contributed by atoms with E-state index in [1.807, 2.05) is 41.3 Å². The molecule has 3 aliphatic rings. The number of carbonyl (C=O) groups excluding carboxylic acids is 2. The molecule has 0 radical (unpaired) electrons. The highest BCUT2D eigenvalue weighted by atomic mass is 16.6. The van der Waals surface area contributed by atoms with Gasteiger partial charge in [-0.25, -0.2) is 0 Å². The molecular weight excluding hydrogens is 380 g/mol. The standard InChI is InChI=1S/C24H26N2O4/c27-21(18-5-6-22-23(13-18)30-12-11-29-22)16-25-9-7-17(8-10-25)14-26-15-19-3-1-2-4-20(19)24(26)28/h1-6,13,17H,7-12,14-16H2. The van der Waals surface area contributed by atoms with Crippen molar-refractivity contribution in [1.82, 2.24) is 9.80 Å². The molecule has 3 heterocycles. The van der Waals surface area contributed by atoms with Gasteiger partial charge >= 0.3 is 0 Å². The van der Waals surface area contributed by atoms with Gasteiger partial charge in [0.15, 0.2) is 17.3 Å². The SMILES string of the molecule is O=C(CN1CCC(CN2Cc3ccccc3C2=O)CC1)c1ccc2c(c1)OCCO2. The highest BCUT2D eigenvalue weighted by Crippen LogP contribution is 2.31. The van der Waals surface area contributed by atoms with Gasteiger partial charge < -0.3 is 14.4 Å². The van der Waals surface area contributed by atoms with E-state index in [4.69, 9.17) is 9.47 Å². The molecule has 0 atom stereocenters. The molecule has 6 heteroatoms. The van der Waals surface area contributed by atoms with E-state index in [2.05, 4.69) is 4.90 Å². The minimum atomic E-state index is 0.107. The number of rotatable bonds is 5. The summed E-state index contributed by atoms with van der Waals surface area (Å²) in [5.41, 5.74) is 2.65. The van der Waals surface area contributed by atoms with Crippen LogP contribution in [0.3, 0.4) is 0 Å². The predicted molar refractivity (Wildman–Crippen MR) is 112 cm³/mol. The van der Waals surface area contributed by atoms with Gasteiger partial charge in [0.05, 0.1) is 6.54 Å². The van der Waals surface area contributed by atoms with Crippen LogP contribution in [0.1, 0.15) is 39.1 Å². The second-order valence-corrected chi connectivity index (χ2v) is 8.34. The molecule has 0 saturated carbocycles. The molecule has 1 fully saturated rings. The largest absolute Gasteiger partial charge is 0.486 e. The molecule has 0 bridgehead atoms. The quantitative estimate of drug-likeness (QED) is 0.715. The molecular formula is C24H26N2O4. The monoisotopic (exact) mass is 406 g/mol. The summed E-state index contributed by atoms with van der Waals surface area (Å²) in [6.07, 6.45) is 2.02. The fourth-order valence-electron chi connectivity index (χ4n) is 4.61. The van der Waals surface area contributed by atoms with Crippen molar-refractivity contribution in [3.63, 3.8) is 0 Å². The molecule has 2 aromatic rings. The highest BCUT2D eigenvalue weighted by molar-refractivity contribution is 5.98. The van der Waals surface area contributed by atoms with Crippen LogP contribution in [0.25, 0.3) is 0 Å². The van der Waals surface area contributed by atoms with Crippen LogP contribution < -0.4 is 9.47 Å². The Morgan fingerprint density at radius 3 is 2.57 bits per heavy atom. The van der Waals surface area contributed by atoms with Crippen LogP contribution >= 0.6 is 0 Å². The molecule has 156 valence electrons. The van der Waals surface area contributed by atoms with Crippen molar-refractivity contribution >= 4 is 11.7 Å². The lowest BCUT2D eigenvalue weighted by Gasteiger charge is -2.33. The number of likely N-dealkylation sites (tertiary alicyclic amines) is 1. The van der Waals surface area contributed by atoms with Crippen LogP contribution in [0.15, 0.2) is 42.5 Å². The Balaban J connectivity index is 1.12. The molecule has 3 aliphatic heterocycles. The van der Waals surface area contributed by atoms with Crippen LogP contribution in [-0.2, 0) is 6.54 Å². The lowest BCUT2D eigenvalue weighted by atomic mass is 9.95. The molecule has 0 aliphatic carbocycles. The predicted octanol–water partition coefficient (Wildman–Crippen LogP) is 3.01. The topological polar surface area (TPSA) is 59.1 Å². The van der Waals surface area contributed by atoms with E-state index in [0.717, 1.165) is 50.1 Å². The van der Waals surface area contributed by atoms with Gasteiger partial charge in [-0.3, -0.25) is 14.5 Å². The number of carbonyl (C=O) groups is 2. The van der Waals surface area contributed by atoms with Crippen molar-refractivity contribution in [2.45, 2.75) is 19.4 Å². The van der Waals surface area contributed by atoms with Crippen molar-refractivity contribution in [2.75, 3.05) is 39.4 Å². The number of Topliss-reactive ketones (excluding diaryl/α,β-unsaturated/α-hetero) is 1. The maximum atomic E-state index is 12.7. The zero-order valence-electron chi connectivity index (χ0n) is 17.0. The van der Waals surface area contributed by atoms with Gasteiger partial charge in [0, 0.05) is 24.2 Å². The van der Waals surface area contributed by atoms with E-state index in [0.29, 0.717) is 42.7 Å². The summed E-state index contributed by atoms with van der Waals surface area (Å²) < 4.78 is 11.1. The molecule has 2 aromatic carbocycles. The first-order valence-corrected chi connectivity index (χ1v) is 10.7. The molecule has 0 aromatic heterocycles. The molecule has 0 spiro atoms. The van der Waals surface area contributed by atoms with E-state index >= 15 is 0 Å². The van der Waals surface area contributed by atoms with E-state index in [1.165, 1.54) is 0 Å². The Hall–Kier alpha value is -2.86. The third kappa shape index (κ3) is 3.79. The maximum Gasteiger partial charge on any atom is 0.254 e. The Kier molecular flexibility index (Phi) is 5.17. The van der Waals surface area contributed by atoms with Crippen LogP contribution in [0, 0.1) is 5.92 Å². The van der Waals surface area contributed by atoms with Crippen LogP contribution in [-0.4, -0.2) is 60.9 Å². The molecule has 1 amide bonds. The van der Waals surface area contributed by atoms with Crippen molar-refractivity contribution in [3.05, 3.63) is 59.2 Å². The third-order valence-corrected chi connectivity index (χ3v) is 6.31. The summed E-state index contributed by atoms with van der Waals surface area (Å²) in [5.74, 6) is 2.11. The smallest absolute Gasteiger partial charge is 0.254 e. The number of amides is 1. The van der Waals surface area contributed by atoms with Crippen LogP contribution in [0.2, 0.25) is 0 Å². The minimum Gasteiger partial charge on any atom is -0.486 e. The lowest BCUT2D eigenvalue weighted by molar-refractivity contribution is 0.0707. The fraction of sp³-hybridized carbons (Fsp3) is 0.417. The van der Waals surface area contributed by atoms with E-state index in [-0.39, 0.29) is 11.7 Å². The van der Waals surface area contributed by atoms with Gasteiger partial charge in [-0.1, -0.05) is 18.2 Å². The summed E-state index contributed by atoms with van der Waals surface area (Å²) in [7, 11) is 0. The normalized spacial score (nSPS) is 19.1. The summed E-state index contributed by atoms with van der Waals surface area (Å²) in [6.45, 7) is 4.77. The molecule has 30 heavy (non-hydrogen) atoms. The van der Waals surface area contributed by atoms with E-state index < -0.39 is 0 Å². The van der Waals surface area contributed by atoms with Crippen molar-refractivity contribution < 1.29 is 19.1 Å². The molecule has 1 saturated heterocycles. The summed E-state index contributed by atoms with van der Waals surface area (Å²) in [5, 5.41) is 0. The fourth-order valence-corrected chi connectivity index (χ4v) is 4.61. The van der Waals surface area contributed by atoms with Crippen LogP contribution in [0.4, 0.5) is 0 Å². The van der Waals surface area contributed by atoms with Crippen molar-refractivity contribution in [3.8, 4) is 11.5 Å². The number of ketones is 1. The van der Waals surface area contributed by atoms with Gasteiger partial charge in [-0.15, -0.1) is 0 Å². The zero-order valence-corrected chi connectivity index (χ0v) is 17.0. The summed E-state index contributed by atoms with van der Waals surface area (Å²) >= 11 is 0. The Morgan fingerprint density at radius 1 is 1.00 bits per heavy atom. The molecule has 0 N–H and O–H groups in total. The molecule has 0 unspecified atom stereocenters. The first kappa shape index (κ1) is 19.1. The average Bonchev–Trinajstić information content (AvgIpc) is 3.10. The second kappa shape index (κ2) is 8.11. The first-order chi connectivity index (χ1) is 14.7. The Bertz CT molecular complexity index is 965. The third-order valence-electron chi connectivity index (χ3n) is 6.31. The summed E-state index contributed by atoms with van der Waals surface area (Å²) in [6, 6.07) is 13.3. The zero-order chi connectivity index (χ0) is 20.5. The van der Waals surface area contributed by atoms with Gasteiger partial charge in [0.1, 0.15) is 13.2 Å². The first-order valence-electron chi connectivity index (χ1n) is 10.7. The highest BCUT2D eigenvalue weighted by Gasteiger charge is 2.30. The molecule has 6 nitrogen and oxygen atoms in total. The summed E-state index contributed by atoms with van der Waals surface area (Å²) in [4.78, 5) is 29.5.